The van der Waals surface area contributed by atoms with E-state index in [1.54, 1.807) is 24.3 Å². The standard InChI is InChI=1S/C25H35NO6S/c1-25(13-14-25)32-24(27)26-17-3-4-18(26)16-22(15-17)31-20-7-5-19(6-8-20)30-21-9-11-23(12-10-21)33(2,28)29/h9-12,17-20,22H,3-8,13-16H2,1-2H3. The van der Waals surface area contributed by atoms with Crippen LogP contribution in [0.2, 0.25) is 0 Å². The Hall–Kier alpha value is -1.80. The minimum Gasteiger partial charge on any atom is -0.490 e. The summed E-state index contributed by atoms with van der Waals surface area (Å²) in [7, 11) is -3.19. The van der Waals surface area contributed by atoms with Gasteiger partial charge >= 0.3 is 6.09 Å². The first-order valence-electron chi connectivity index (χ1n) is 12.3. The van der Waals surface area contributed by atoms with E-state index in [4.69, 9.17) is 14.2 Å². The second-order valence-electron chi connectivity index (χ2n) is 10.6. The first-order chi connectivity index (χ1) is 15.7. The van der Waals surface area contributed by atoms with E-state index in [-0.39, 0.29) is 42.1 Å². The van der Waals surface area contributed by atoms with Gasteiger partial charge in [-0.15, -0.1) is 0 Å². The second-order valence-corrected chi connectivity index (χ2v) is 12.6. The van der Waals surface area contributed by atoms with Crippen molar-refractivity contribution in [2.24, 2.45) is 0 Å². The fourth-order valence-electron chi connectivity index (χ4n) is 5.59. The van der Waals surface area contributed by atoms with Gasteiger partial charge in [0.15, 0.2) is 9.84 Å². The van der Waals surface area contributed by atoms with Gasteiger partial charge in [-0.05, 0) is 95.4 Å². The summed E-state index contributed by atoms with van der Waals surface area (Å²) in [6.07, 6.45) is 11.3. The Kier molecular flexibility index (Phi) is 6.10. The van der Waals surface area contributed by atoms with Crippen molar-refractivity contribution in [3.63, 3.8) is 0 Å². The van der Waals surface area contributed by atoms with Gasteiger partial charge in [0.2, 0.25) is 0 Å². The number of sulfone groups is 1. The molecule has 2 heterocycles. The monoisotopic (exact) mass is 477 g/mol. The molecule has 1 aromatic carbocycles. The average Bonchev–Trinajstić information content (AvgIpc) is 3.42. The largest absolute Gasteiger partial charge is 0.490 e. The van der Waals surface area contributed by atoms with Gasteiger partial charge in [-0.1, -0.05) is 0 Å². The van der Waals surface area contributed by atoms with Crippen LogP contribution >= 0.6 is 0 Å². The van der Waals surface area contributed by atoms with Gasteiger partial charge in [0, 0.05) is 18.3 Å². The summed E-state index contributed by atoms with van der Waals surface area (Å²) in [5, 5.41) is 0. The minimum atomic E-state index is -3.19. The van der Waals surface area contributed by atoms with Gasteiger partial charge in [-0.25, -0.2) is 13.2 Å². The highest BCUT2D eigenvalue weighted by Gasteiger charge is 2.49. The average molecular weight is 478 g/mol. The molecule has 8 heteroatoms. The number of carbonyl (C=O) groups is 1. The maximum absolute atomic E-state index is 12.7. The molecule has 0 aromatic heterocycles. The van der Waals surface area contributed by atoms with E-state index in [2.05, 4.69) is 0 Å². The summed E-state index contributed by atoms with van der Waals surface area (Å²) in [5.41, 5.74) is -0.222. The number of piperidine rings is 1. The molecule has 182 valence electrons. The Morgan fingerprint density at radius 2 is 1.48 bits per heavy atom. The molecule has 2 bridgehead atoms. The number of amides is 1. The van der Waals surface area contributed by atoms with E-state index in [1.807, 2.05) is 11.8 Å². The number of ether oxygens (including phenoxy) is 3. The van der Waals surface area contributed by atoms with Gasteiger partial charge in [0.05, 0.1) is 23.2 Å². The van der Waals surface area contributed by atoms with Crippen molar-refractivity contribution in [2.75, 3.05) is 6.26 Å². The first-order valence-corrected chi connectivity index (χ1v) is 14.2. The van der Waals surface area contributed by atoms with E-state index in [0.29, 0.717) is 10.6 Å². The highest BCUT2D eigenvalue weighted by molar-refractivity contribution is 7.90. The van der Waals surface area contributed by atoms with Crippen LogP contribution in [-0.4, -0.2) is 61.7 Å². The zero-order valence-corrected chi connectivity index (χ0v) is 20.4. The lowest BCUT2D eigenvalue weighted by Gasteiger charge is -2.40. The summed E-state index contributed by atoms with van der Waals surface area (Å²) >= 11 is 0. The van der Waals surface area contributed by atoms with Gasteiger partial charge in [-0.2, -0.15) is 0 Å². The van der Waals surface area contributed by atoms with Crippen LogP contribution in [0.4, 0.5) is 4.79 Å². The summed E-state index contributed by atoms with van der Waals surface area (Å²) in [6.45, 7) is 2.02. The normalized spacial score (nSPS) is 32.9. The number of rotatable bonds is 6. The van der Waals surface area contributed by atoms with Crippen LogP contribution in [0.25, 0.3) is 0 Å². The molecule has 4 aliphatic rings. The molecular formula is C25H35NO6S. The van der Waals surface area contributed by atoms with Crippen molar-refractivity contribution in [2.45, 2.75) is 112 Å². The predicted octanol–water partition coefficient (Wildman–Crippen LogP) is 4.48. The van der Waals surface area contributed by atoms with Crippen molar-refractivity contribution in [1.29, 1.82) is 0 Å². The summed E-state index contributed by atoms with van der Waals surface area (Å²) in [4.78, 5) is 15.0. The highest BCUT2D eigenvalue weighted by Crippen LogP contribution is 2.43. The number of hydrogen-bond donors (Lipinski definition) is 0. The molecule has 1 aromatic rings. The lowest BCUT2D eigenvalue weighted by atomic mass is 9.93. The van der Waals surface area contributed by atoms with Crippen LogP contribution in [0, 0.1) is 0 Å². The summed E-state index contributed by atoms with van der Waals surface area (Å²) < 4.78 is 41.5. The molecule has 4 fully saturated rings. The fraction of sp³-hybridized carbons (Fsp3) is 0.720. The third kappa shape index (κ3) is 5.32. The third-order valence-electron chi connectivity index (χ3n) is 7.75. The van der Waals surface area contributed by atoms with Crippen molar-refractivity contribution in [3.05, 3.63) is 24.3 Å². The highest BCUT2D eigenvalue weighted by atomic mass is 32.2. The molecular weight excluding hydrogens is 442 g/mol. The van der Waals surface area contributed by atoms with Gasteiger partial charge in [-0.3, -0.25) is 0 Å². The van der Waals surface area contributed by atoms with Crippen LogP contribution in [-0.2, 0) is 19.3 Å². The topological polar surface area (TPSA) is 82.1 Å². The molecule has 2 aliphatic carbocycles. The van der Waals surface area contributed by atoms with Gasteiger partial charge in [0.25, 0.3) is 0 Å². The molecule has 2 unspecified atom stereocenters. The lowest BCUT2D eigenvalue weighted by molar-refractivity contribution is -0.0794. The number of hydrogen-bond acceptors (Lipinski definition) is 6. The van der Waals surface area contributed by atoms with Crippen LogP contribution in [0.1, 0.15) is 71.1 Å². The van der Waals surface area contributed by atoms with Gasteiger partial charge < -0.3 is 19.1 Å². The number of carbonyl (C=O) groups excluding carboxylic acids is 1. The predicted molar refractivity (Wildman–Crippen MR) is 123 cm³/mol. The quantitative estimate of drug-likeness (QED) is 0.601. The van der Waals surface area contributed by atoms with E-state index in [0.717, 1.165) is 64.2 Å². The zero-order valence-electron chi connectivity index (χ0n) is 19.6. The van der Waals surface area contributed by atoms with E-state index < -0.39 is 9.84 Å². The zero-order chi connectivity index (χ0) is 23.2. The molecule has 5 rings (SSSR count). The fourth-order valence-corrected chi connectivity index (χ4v) is 6.22. The molecule has 0 N–H and O–H groups in total. The summed E-state index contributed by atoms with van der Waals surface area (Å²) in [5.74, 6) is 0.711. The molecule has 2 saturated carbocycles. The number of nitrogens with zero attached hydrogens (tertiary/aromatic N) is 1. The molecule has 2 atom stereocenters. The van der Waals surface area contributed by atoms with Crippen molar-refractivity contribution < 1.29 is 27.4 Å². The van der Waals surface area contributed by atoms with Crippen molar-refractivity contribution in [3.8, 4) is 5.75 Å². The van der Waals surface area contributed by atoms with E-state index >= 15 is 0 Å². The maximum Gasteiger partial charge on any atom is 0.410 e. The Bertz CT molecular complexity index is 951. The molecule has 0 radical (unpaired) electrons. The van der Waals surface area contributed by atoms with Crippen LogP contribution in [0.15, 0.2) is 29.2 Å². The maximum atomic E-state index is 12.7. The molecule has 0 spiro atoms. The van der Waals surface area contributed by atoms with Crippen LogP contribution in [0.3, 0.4) is 0 Å². The smallest absolute Gasteiger partial charge is 0.410 e. The molecule has 1 amide bonds. The Balaban J connectivity index is 1.07. The first kappa shape index (κ1) is 23.0. The minimum absolute atomic E-state index is 0.122. The Labute approximate surface area is 196 Å². The summed E-state index contributed by atoms with van der Waals surface area (Å²) in [6, 6.07) is 7.16. The van der Waals surface area contributed by atoms with Crippen LogP contribution < -0.4 is 4.74 Å². The second kappa shape index (κ2) is 8.77. The lowest BCUT2D eigenvalue weighted by Crippen LogP contribution is -2.50. The van der Waals surface area contributed by atoms with Crippen molar-refractivity contribution in [1.82, 2.24) is 4.90 Å². The molecule has 2 aliphatic heterocycles. The third-order valence-corrected chi connectivity index (χ3v) is 8.88. The molecule has 33 heavy (non-hydrogen) atoms. The number of fused-ring (bicyclic) bond motifs is 2. The Morgan fingerprint density at radius 1 is 0.909 bits per heavy atom. The van der Waals surface area contributed by atoms with Crippen LogP contribution in [0.5, 0.6) is 5.75 Å². The van der Waals surface area contributed by atoms with Gasteiger partial charge in [0.1, 0.15) is 11.4 Å². The van der Waals surface area contributed by atoms with E-state index in [9.17, 15) is 13.2 Å². The van der Waals surface area contributed by atoms with Crippen molar-refractivity contribution >= 4 is 15.9 Å². The number of benzene rings is 1. The Morgan fingerprint density at radius 3 is 2.03 bits per heavy atom. The molecule has 7 nitrogen and oxygen atoms in total. The molecule has 2 saturated heterocycles. The SMILES string of the molecule is CC1(OC(=O)N2C3CCC2CC(OC2CCC(Oc4ccc(S(C)(=O)=O)cc4)CC2)C3)CC1. The van der Waals surface area contributed by atoms with E-state index in [1.165, 1.54) is 6.26 Å².